The lowest BCUT2D eigenvalue weighted by atomic mass is 9.61. The van der Waals surface area contributed by atoms with Gasteiger partial charge >= 0.3 is 0 Å². The highest BCUT2D eigenvalue weighted by Gasteiger charge is 2.50. The number of fused-ring (bicyclic) bond motifs is 1. The molecule has 2 heteroatoms. The Kier molecular flexibility index (Phi) is 7.25. The monoisotopic (exact) mass is 398 g/mol. The zero-order valence-electron chi connectivity index (χ0n) is 19.3. The molecule has 0 radical (unpaired) electrons. The van der Waals surface area contributed by atoms with Gasteiger partial charge in [0.15, 0.2) is 5.78 Å². The van der Waals surface area contributed by atoms with Crippen LogP contribution in [0.2, 0.25) is 0 Å². The van der Waals surface area contributed by atoms with Crippen molar-refractivity contribution in [2.75, 3.05) is 0 Å². The van der Waals surface area contributed by atoms with Crippen LogP contribution in [0.4, 0.5) is 0 Å². The summed E-state index contributed by atoms with van der Waals surface area (Å²) in [4.78, 5) is 12.2. The number of aliphatic hydroxyl groups excluding tert-OH is 1. The van der Waals surface area contributed by atoms with Crippen molar-refractivity contribution < 1.29 is 9.90 Å². The van der Waals surface area contributed by atoms with Gasteiger partial charge in [-0.25, -0.2) is 0 Å². The van der Waals surface area contributed by atoms with Crippen molar-refractivity contribution in [2.45, 2.75) is 92.1 Å². The zero-order valence-corrected chi connectivity index (χ0v) is 19.3. The van der Waals surface area contributed by atoms with Gasteiger partial charge in [0.2, 0.25) is 0 Å². The first-order valence-corrected chi connectivity index (χ1v) is 12.0. The van der Waals surface area contributed by atoms with Gasteiger partial charge in [0.05, 0.1) is 6.10 Å². The van der Waals surface area contributed by atoms with E-state index in [1.807, 2.05) is 6.08 Å². The van der Waals surface area contributed by atoms with Gasteiger partial charge in [-0.1, -0.05) is 64.5 Å². The molecule has 29 heavy (non-hydrogen) atoms. The Balaban J connectivity index is 1.75. The number of aliphatic hydroxyl groups is 1. The van der Waals surface area contributed by atoms with Gasteiger partial charge in [-0.2, -0.15) is 0 Å². The van der Waals surface area contributed by atoms with Gasteiger partial charge in [0, 0.05) is 12.8 Å². The van der Waals surface area contributed by atoms with Crippen LogP contribution in [0.1, 0.15) is 86.0 Å². The van der Waals surface area contributed by atoms with E-state index in [0.717, 1.165) is 11.5 Å². The molecule has 0 aliphatic heterocycles. The van der Waals surface area contributed by atoms with Crippen molar-refractivity contribution in [1.82, 2.24) is 0 Å². The number of rotatable bonds is 5. The molecular weight excluding hydrogens is 356 g/mol. The highest BCUT2D eigenvalue weighted by molar-refractivity contribution is 5.96. The normalized spacial score (nSPS) is 38.2. The van der Waals surface area contributed by atoms with Crippen molar-refractivity contribution in [3.63, 3.8) is 0 Å². The minimum absolute atomic E-state index is 0.230. The van der Waals surface area contributed by atoms with Crippen molar-refractivity contribution in [2.24, 2.45) is 35.0 Å². The first kappa shape index (κ1) is 22.5. The van der Waals surface area contributed by atoms with E-state index in [-0.39, 0.29) is 11.9 Å². The van der Waals surface area contributed by atoms with E-state index in [4.69, 9.17) is 0 Å². The van der Waals surface area contributed by atoms with Crippen LogP contribution in [0.15, 0.2) is 35.5 Å². The second-order valence-electron chi connectivity index (χ2n) is 10.7. The van der Waals surface area contributed by atoms with Crippen LogP contribution >= 0.6 is 0 Å². The number of Topliss-reactive ketones (excluding diaryl/α,β-unsaturated/α-hetero) is 1. The highest BCUT2D eigenvalue weighted by atomic mass is 16.3. The molecule has 3 aliphatic rings. The van der Waals surface area contributed by atoms with E-state index in [2.05, 4.69) is 52.8 Å². The Morgan fingerprint density at radius 1 is 1.03 bits per heavy atom. The maximum Gasteiger partial charge on any atom is 0.159 e. The molecule has 3 rings (SSSR count). The molecule has 0 unspecified atom stereocenters. The summed E-state index contributed by atoms with van der Waals surface area (Å²) >= 11 is 0. The largest absolute Gasteiger partial charge is 0.393 e. The average molecular weight is 399 g/mol. The van der Waals surface area contributed by atoms with Gasteiger partial charge in [0.25, 0.3) is 0 Å². The van der Waals surface area contributed by atoms with Crippen molar-refractivity contribution in [3.8, 4) is 0 Å². The summed E-state index contributed by atoms with van der Waals surface area (Å²) in [6, 6.07) is 0. The maximum absolute atomic E-state index is 12.2. The summed E-state index contributed by atoms with van der Waals surface area (Å²) in [5.74, 6) is 3.59. The quantitative estimate of drug-likeness (QED) is 0.415. The van der Waals surface area contributed by atoms with Crippen LogP contribution in [-0.4, -0.2) is 17.0 Å². The van der Waals surface area contributed by atoms with Crippen molar-refractivity contribution in [1.29, 1.82) is 0 Å². The van der Waals surface area contributed by atoms with E-state index in [9.17, 15) is 9.90 Å². The molecule has 0 saturated heterocycles. The summed E-state index contributed by atoms with van der Waals surface area (Å²) in [5, 5.41) is 9.92. The lowest BCUT2D eigenvalue weighted by molar-refractivity contribution is -0.117. The molecule has 0 amide bonds. The average Bonchev–Trinajstić information content (AvgIpc) is 3.04. The molecule has 3 aliphatic carbocycles. The van der Waals surface area contributed by atoms with Crippen molar-refractivity contribution >= 4 is 5.78 Å². The van der Waals surface area contributed by atoms with Crippen molar-refractivity contribution in [3.05, 3.63) is 35.5 Å². The fraction of sp³-hybridized carbons (Fsp3) is 0.741. The molecule has 2 nitrogen and oxygen atoms in total. The van der Waals surface area contributed by atoms with Crippen LogP contribution in [0.25, 0.3) is 0 Å². The van der Waals surface area contributed by atoms with Crippen LogP contribution in [-0.2, 0) is 4.79 Å². The molecule has 3 fully saturated rings. The van der Waals surface area contributed by atoms with Gasteiger partial charge < -0.3 is 5.11 Å². The molecule has 0 bridgehead atoms. The van der Waals surface area contributed by atoms with Gasteiger partial charge in [0.1, 0.15) is 0 Å². The number of ketones is 1. The topological polar surface area (TPSA) is 37.3 Å². The molecule has 6 atom stereocenters. The standard InChI is InChI=1S/C27H42O2/c1-18(2)19(3)8-9-20(4)24-13-14-25-21(7-6-16-27(24,25)5)10-11-22-17-23(28)12-15-26(22)29/h8-11,18-20,23-25,28H,6-7,12-17H2,1-5H3/b9-8+,21-10+,22-11-/t19-,20+,23-,24+,25-,27+/m0/s1. The Bertz CT molecular complexity index is 683. The third-order valence-corrected chi connectivity index (χ3v) is 8.46. The SMILES string of the molecule is CC(C)[C@@H](C)/C=C/[C@@H](C)[C@H]1CC[C@H]2/C(=C/C=C3/C[C@@H](O)CCC3=O)CCC[C@]12C. The molecule has 1 N–H and O–H groups in total. The molecule has 0 aromatic carbocycles. The molecular formula is C27H42O2. The molecule has 162 valence electrons. The fourth-order valence-electron chi connectivity index (χ4n) is 6.15. The Morgan fingerprint density at radius 3 is 2.52 bits per heavy atom. The fourth-order valence-corrected chi connectivity index (χ4v) is 6.15. The summed E-state index contributed by atoms with van der Waals surface area (Å²) < 4.78 is 0. The summed E-state index contributed by atoms with van der Waals surface area (Å²) in [7, 11) is 0. The Hall–Kier alpha value is -1.15. The summed E-state index contributed by atoms with van der Waals surface area (Å²) in [5.41, 5.74) is 2.76. The molecule has 0 heterocycles. The first-order chi connectivity index (χ1) is 13.7. The number of hydrogen-bond donors (Lipinski definition) is 1. The van der Waals surface area contributed by atoms with E-state index in [1.165, 1.54) is 32.1 Å². The predicted molar refractivity (Wildman–Crippen MR) is 122 cm³/mol. The van der Waals surface area contributed by atoms with Gasteiger partial charge in [-0.15, -0.1) is 0 Å². The summed E-state index contributed by atoms with van der Waals surface area (Å²) in [6.07, 6.45) is 16.9. The Morgan fingerprint density at radius 2 is 1.79 bits per heavy atom. The third kappa shape index (κ3) is 4.95. The smallest absolute Gasteiger partial charge is 0.159 e. The first-order valence-electron chi connectivity index (χ1n) is 12.0. The van der Waals surface area contributed by atoms with Gasteiger partial charge in [-0.3, -0.25) is 4.79 Å². The van der Waals surface area contributed by atoms with E-state index < -0.39 is 0 Å². The third-order valence-electron chi connectivity index (χ3n) is 8.46. The van der Waals surface area contributed by atoms with E-state index in [1.54, 1.807) is 5.57 Å². The Labute approximate surface area is 178 Å². The van der Waals surface area contributed by atoms with E-state index in [0.29, 0.717) is 48.3 Å². The molecule has 0 aromatic rings. The van der Waals surface area contributed by atoms with Crippen LogP contribution in [0, 0.1) is 35.0 Å². The van der Waals surface area contributed by atoms with Crippen LogP contribution < -0.4 is 0 Å². The molecule has 0 aromatic heterocycles. The summed E-state index contributed by atoms with van der Waals surface area (Å²) in [6.45, 7) is 11.9. The number of hydrogen-bond acceptors (Lipinski definition) is 2. The van der Waals surface area contributed by atoms with Crippen LogP contribution in [0.3, 0.4) is 0 Å². The highest BCUT2D eigenvalue weighted by Crippen LogP contribution is 2.59. The minimum atomic E-state index is -0.342. The number of carbonyl (C=O) groups excluding carboxylic acids is 1. The molecule has 0 spiro atoms. The molecule has 3 saturated carbocycles. The van der Waals surface area contributed by atoms with Crippen LogP contribution in [0.5, 0.6) is 0 Å². The second kappa shape index (κ2) is 9.33. The lowest BCUT2D eigenvalue weighted by Gasteiger charge is -2.44. The lowest BCUT2D eigenvalue weighted by Crippen LogP contribution is -2.35. The minimum Gasteiger partial charge on any atom is -0.393 e. The second-order valence-corrected chi connectivity index (χ2v) is 10.7. The zero-order chi connectivity index (χ0) is 21.2. The van der Waals surface area contributed by atoms with E-state index >= 15 is 0 Å². The predicted octanol–water partition coefficient (Wildman–Crippen LogP) is 6.65. The number of carbonyl (C=O) groups is 1. The van der Waals surface area contributed by atoms with Gasteiger partial charge in [-0.05, 0) is 79.1 Å². The maximum atomic E-state index is 12.2. The number of allylic oxidation sites excluding steroid dienone is 5.